The first kappa shape index (κ1) is 33.7. The van der Waals surface area contributed by atoms with Crippen molar-refractivity contribution in [2.24, 2.45) is 5.92 Å². The molecule has 6 rings (SSSR count). The number of nitrogens with one attached hydrogen (secondary N) is 1. The molecule has 2 aliphatic heterocycles. The van der Waals surface area contributed by atoms with Gasteiger partial charge >= 0.3 is 19.7 Å². The summed E-state index contributed by atoms with van der Waals surface area (Å²) in [4.78, 5) is 41.8. The lowest BCUT2D eigenvalue weighted by atomic mass is 10.1. The van der Waals surface area contributed by atoms with E-state index in [4.69, 9.17) is 49.8 Å². The van der Waals surface area contributed by atoms with Crippen molar-refractivity contribution in [1.82, 2.24) is 29.5 Å². The van der Waals surface area contributed by atoms with E-state index < -0.39 is 81.1 Å². The molecule has 0 spiro atoms. The second-order valence-electron chi connectivity index (χ2n) is 10.5. The Hall–Kier alpha value is -2.23. The van der Waals surface area contributed by atoms with Crippen LogP contribution in [0.5, 0.6) is 5.88 Å². The number of halogens is 3. The van der Waals surface area contributed by atoms with Gasteiger partial charge in [0.15, 0.2) is 17.4 Å². The largest absolute Gasteiger partial charge is 0.474 e. The number of fused-ring (bicyclic) bond motifs is 4. The molecule has 3 fully saturated rings. The maximum atomic E-state index is 13.4. The number of nitrogens with zero attached hydrogens (tertiary/aromatic N) is 5. The first-order valence-corrected chi connectivity index (χ1v) is 18.8. The van der Waals surface area contributed by atoms with Crippen LogP contribution in [0.3, 0.4) is 0 Å². The van der Waals surface area contributed by atoms with E-state index in [1.807, 2.05) is 0 Å². The van der Waals surface area contributed by atoms with E-state index in [1.165, 1.54) is 12.5 Å². The van der Waals surface area contributed by atoms with Crippen LogP contribution in [0.4, 0.5) is 19.1 Å². The summed E-state index contributed by atoms with van der Waals surface area (Å²) in [6.07, 6.45) is -7.95. The van der Waals surface area contributed by atoms with Gasteiger partial charge in [0.2, 0.25) is 11.8 Å². The Morgan fingerprint density at radius 3 is 2.76 bits per heavy atom. The average molecular weight is 732 g/mol. The summed E-state index contributed by atoms with van der Waals surface area (Å²) in [6.45, 7) is -11.2. The average Bonchev–Trinajstić information content (AvgIpc) is 3.64. The van der Waals surface area contributed by atoms with E-state index in [0.717, 1.165) is 10.9 Å². The third-order valence-electron chi connectivity index (χ3n) is 7.26. The smallest absolute Gasteiger partial charge is 0.411 e. The number of ether oxygens (including phenoxy) is 3. The Morgan fingerprint density at radius 1 is 1.22 bits per heavy atom. The molecule has 2 saturated heterocycles. The van der Waals surface area contributed by atoms with Crippen LogP contribution in [0.1, 0.15) is 19.1 Å². The van der Waals surface area contributed by atoms with Crippen molar-refractivity contribution >= 4 is 54.7 Å². The third kappa shape index (κ3) is 7.73. The first-order chi connectivity index (χ1) is 21.7. The molecule has 46 heavy (non-hydrogen) atoms. The number of imidazole rings is 1. The van der Waals surface area contributed by atoms with Gasteiger partial charge in [-0.05, 0) is 18.2 Å². The van der Waals surface area contributed by atoms with Gasteiger partial charge in [-0.2, -0.15) is 18.2 Å². The van der Waals surface area contributed by atoms with Gasteiger partial charge in [-0.25, -0.2) is 19.5 Å². The number of hydrogen-bond acceptors (Lipinski definition) is 15. The molecule has 3 aliphatic rings. The minimum Gasteiger partial charge on any atom is -0.474 e. The van der Waals surface area contributed by atoms with Crippen LogP contribution >= 0.6 is 25.8 Å². The van der Waals surface area contributed by atoms with Gasteiger partial charge in [0, 0.05) is 24.6 Å². The van der Waals surface area contributed by atoms with Gasteiger partial charge in [0.25, 0.3) is 5.56 Å². The normalized spacial score (nSPS) is 35.6. The molecule has 1 aliphatic carbocycles. The molecule has 17 nitrogen and oxygen atoms in total. The first-order valence-electron chi connectivity index (χ1n) is 13.5. The molecule has 1 saturated carbocycles. The van der Waals surface area contributed by atoms with Gasteiger partial charge in [0.1, 0.15) is 37.4 Å². The van der Waals surface area contributed by atoms with Crippen LogP contribution < -0.4 is 16.0 Å². The molecule has 0 radical (unpaired) electrons. The number of aromatic nitrogens is 6. The summed E-state index contributed by atoms with van der Waals surface area (Å²) in [5, 5.41) is 0. The van der Waals surface area contributed by atoms with Crippen molar-refractivity contribution in [3.63, 3.8) is 0 Å². The van der Waals surface area contributed by atoms with Crippen LogP contribution in [0.15, 0.2) is 29.7 Å². The summed E-state index contributed by atoms with van der Waals surface area (Å²) >= 11 is 9.36. The number of nitrogen functional groups attached to an aromatic ring is 1. The predicted molar refractivity (Wildman–Crippen MR) is 156 cm³/mol. The molecule has 0 aromatic carbocycles. The lowest BCUT2D eigenvalue weighted by molar-refractivity contribution is -0.196. The van der Waals surface area contributed by atoms with E-state index in [1.54, 1.807) is 6.07 Å². The minimum absolute atomic E-state index is 0.129. The number of aromatic amines is 1. The summed E-state index contributed by atoms with van der Waals surface area (Å²) in [5.41, 5.74) is 4.68. The van der Waals surface area contributed by atoms with Crippen molar-refractivity contribution < 1.29 is 54.9 Å². The SMILES string of the molecule is Nc1nc2c(ncn2[C@@H]2O[C@@H]3CO[P@](=O)(S)O[C@H]4C[C@H](Oc5ccncn5)C[C@@H]4CO[P@](O)(=S)O[C@@H]2[C@@H]3OCC(F)(F)F)c(=O)[nH]1. The molecule has 3 aromatic rings. The van der Waals surface area contributed by atoms with Gasteiger partial charge in [0.05, 0.1) is 25.6 Å². The predicted octanol–water partition coefficient (Wildman–Crippen LogP) is 2.27. The second-order valence-corrected chi connectivity index (χ2v) is 16.2. The summed E-state index contributed by atoms with van der Waals surface area (Å²) < 4.78 is 94.3. The molecule has 0 amide bonds. The fourth-order valence-corrected chi connectivity index (χ4v) is 8.41. The molecule has 252 valence electrons. The molecular weight excluding hydrogens is 705 g/mol. The zero-order valence-electron chi connectivity index (χ0n) is 23.2. The van der Waals surface area contributed by atoms with Crippen molar-refractivity contribution in [3.05, 3.63) is 35.3 Å². The van der Waals surface area contributed by atoms with Crippen molar-refractivity contribution in [3.8, 4) is 5.88 Å². The number of hydrogen-bond donors (Lipinski definition) is 4. The molecule has 5 heterocycles. The van der Waals surface area contributed by atoms with Gasteiger partial charge in [-0.3, -0.25) is 27.9 Å². The molecule has 24 heteroatoms. The molecule has 2 bridgehead atoms. The molecule has 4 N–H and O–H groups in total. The van der Waals surface area contributed by atoms with E-state index in [9.17, 15) is 27.4 Å². The topological polar surface area (TPSA) is 217 Å². The lowest BCUT2D eigenvalue weighted by Gasteiger charge is -2.29. The fourth-order valence-electron chi connectivity index (χ4n) is 5.40. The van der Waals surface area contributed by atoms with Gasteiger partial charge < -0.3 is 29.4 Å². The summed E-state index contributed by atoms with van der Waals surface area (Å²) in [5.74, 6) is -0.586. The van der Waals surface area contributed by atoms with Gasteiger partial charge in [-0.1, -0.05) is 12.2 Å². The molecule has 3 aromatic heterocycles. The number of rotatable bonds is 5. The van der Waals surface area contributed by atoms with Crippen LogP contribution in [0.2, 0.25) is 0 Å². The third-order valence-corrected chi connectivity index (χ3v) is 10.5. The fraction of sp³-hybridized carbons (Fsp3) is 0.591. The maximum absolute atomic E-state index is 13.4. The second kappa shape index (κ2) is 13.0. The number of anilines is 1. The number of nitrogens with two attached hydrogens (primary N) is 1. The Kier molecular flexibility index (Phi) is 9.51. The Bertz CT molecular complexity index is 1720. The zero-order valence-corrected chi connectivity index (χ0v) is 26.7. The summed E-state index contributed by atoms with van der Waals surface area (Å²) in [7, 11) is 0. The van der Waals surface area contributed by atoms with Crippen molar-refractivity contribution in [1.29, 1.82) is 0 Å². The highest BCUT2D eigenvalue weighted by atomic mass is 32.7. The number of alkyl halides is 3. The highest BCUT2D eigenvalue weighted by Gasteiger charge is 2.52. The molecular formula is C22H26F3N7O10P2S2. The van der Waals surface area contributed by atoms with E-state index in [0.29, 0.717) is 0 Å². The number of thiol groups is 1. The van der Waals surface area contributed by atoms with E-state index >= 15 is 0 Å². The van der Waals surface area contributed by atoms with Crippen LogP contribution in [-0.4, -0.2) is 90.9 Å². The molecule has 0 unspecified atom stereocenters. The lowest BCUT2D eigenvalue weighted by Crippen LogP contribution is -2.40. The van der Waals surface area contributed by atoms with Crippen LogP contribution in [0, 0.1) is 5.92 Å². The highest BCUT2D eigenvalue weighted by Crippen LogP contribution is 2.58. The van der Waals surface area contributed by atoms with Crippen LogP contribution in [0.25, 0.3) is 11.2 Å². The van der Waals surface area contributed by atoms with Crippen molar-refractivity contribution in [2.45, 2.75) is 55.8 Å². The Labute approximate surface area is 267 Å². The number of H-pyrrole nitrogens is 1. The van der Waals surface area contributed by atoms with E-state index in [-0.39, 0.29) is 42.4 Å². The highest BCUT2D eigenvalue weighted by molar-refractivity contribution is 8.44. The molecule has 9 atom stereocenters. The quantitative estimate of drug-likeness (QED) is 0.219. The standard InChI is InChI=1S/C22H26F3N7O10P2S2/c23-22(24,25)7-36-16-13-6-38-43(34,45)41-12-4-11(39-14-1-2-27-8-28-14)3-10(12)5-37-44(35,46)42-17(16)20(40-13)32-9-29-15-18(32)30-21(26)31-19(15)33/h1-2,8-13,16-17,20H,3-7H2,(H,34,45)(H,35,46)(H3,26,30,31,33)/t10-,11-,12+,13-,16-,17-,20-,43+,44+/m1/s1. The summed E-state index contributed by atoms with van der Waals surface area (Å²) in [6, 6.07) is 1.55. The van der Waals surface area contributed by atoms with E-state index in [2.05, 4.69) is 37.2 Å². The minimum atomic E-state index is -4.79. The van der Waals surface area contributed by atoms with Crippen molar-refractivity contribution in [2.75, 3.05) is 25.6 Å². The zero-order chi connectivity index (χ0) is 32.9. The van der Waals surface area contributed by atoms with Gasteiger partial charge in [-0.15, -0.1) is 0 Å². The Balaban J connectivity index is 1.32. The monoisotopic (exact) mass is 731 g/mol. The maximum Gasteiger partial charge on any atom is 0.411 e. The Morgan fingerprint density at radius 2 is 2.02 bits per heavy atom. The van der Waals surface area contributed by atoms with Crippen LogP contribution in [-0.2, 0) is 43.9 Å².